The summed E-state index contributed by atoms with van der Waals surface area (Å²) in [6, 6.07) is 12.1. The third-order valence-electron chi connectivity index (χ3n) is 8.26. The van der Waals surface area contributed by atoms with E-state index in [-0.39, 0.29) is 29.7 Å². The molecule has 2 aliphatic rings. The molecule has 1 unspecified atom stereocenters. The van der Waals surface area contributed by atoms with Crippen LogP contribution < -0.4 is 15.4 Å². The number of nitrogens with one attached hydrogen (secondary N) is 2. The fraction of sp³-hybridized carbons (Fsp3) is 0.412. The average Bonchev–Trinajstić information content (AvgIpc) is 3.73. The van der Waals surface area contributed by atoms with Crippen molar-refractivity contribution in [1.29, 1.82) is 0 Å². The van der Waals surface area contributed by atoms with Crippen LogP contribution in [-0.4, -0.2) is 52.6 Å². The number of esters is 1. The van der Waals surface area contributed by atoms with E-state index in [2.05, 4.69) is 26.6 Å². The number of hydrogen-bond acceptors (Lipinski definition) is 8. The summed E-state index contributed by atoms with van der Waals surface area (Å²) in [6.45, 7) is 7.09. The molecule has 236 valence electrons. The number of pyridine rings is 2. The van der Waals surface area contributed by atoms with Crippen LogP contribution in [-0.2, 0) is 16.1 Å². The van der Waals surface area contributed by atoms with Crippen molar-refractivity contribution < 1.29 is 23.5 Å². The average molecular weight is 632 g/mol. The zero-order valence-corrected chi connectivity index (χ0v) is 26.4. The van der Waals surface area contributed by atoms with E-state index in [1.165, 1.54) is 23.5 Å². The molecule has 1 saturated carbocycles. The first-order valence-electron chi connectivity index (χ1n) is 15.6. The van der Waals surface area contributed by atoms with Gasteiger partial charge in [0.1, 0.15) is 5.75 Å². The van der Waals surface area contributed by atoms with Gasteiger partial charge in [-0.15, -0.1) is 11.3 Å². The molecule has 3 aromatic heterocycles. The Bertz CT molecular complexity index is 1650. The second kappa shape index (κ2) is 13.9. The van der Waals surface area contributed by atoms with Gasteiger partial charge < -0.3 is 20.1 Å². The molecule has 0 bridgehead atoms. The smallest absolute Gasteiger partial charge is 0.319 e. The number of aromatic nitrogens is 2. The molecule has 2 amide bonds. The number of carbonyl (C=O) groups excluding carboxylic acids is 2. The number of benzene rings is 1. The Morgan fingerprint density at radius 3 is 2.60 bits per heavy atom. The number of nitrogens with zero attached hydrogens (tertiary/aromatic N) is 3. The minimum atomic E-state index is -0.575. The van der Waals surface area contributed by atoms with Crippen LogP contribution in [0.4, 0.5) is 14.9 Å². The highest BCUT2D eigenvalue weighted by Gasteiger charge is 2.25. The molecule has 1 aromatic carbocycles. The Hall–Kier alpha value is -4.09. The second-order valence-electron chi connectivity index (χ2n) is 11.9. The minimum absolute atomic E-state index is 0.0488. The lowest BCUT2D eigenvalue weighted by molar-refractivity contribution is -0.148. The van der Waals surface area contributed by atoms with Crippen LogP contribution in [0, 0.1) is 17.7 Å². The lowest BCUT2D eigenvalue weighted by Gasteiger charge is -2.32. The maximum absolute atomic E-state index is 14.9. The second-order valence-corrected chi connectivity index (χ2v) is 13.0. The third kappa shape index (κ3) is 7.96. The summed E-state index contributed by atoms with van der Waals surface area (Å²) in [4.78, 5) is 36.6. The van der Waals surface area contributed by atoms with Crippen molar-refractivity contribution in [2.75, 3.05) is 25.0 Å². The van der Waals surface area contributed by atoms with E-state index in [1.807, 2.05) is 32.2 Å². The molecular formula is C34H38FN5O4S. The fourth-order valence-electron chi connectivity index (χ4n) is 5.66. The fourth-order valence-corrected chi connectivity index (χ4v) is 6.71. The van der Waals surface area contributed by atoms with Crippen LogP contribution in [0.2, 0.25) is 0 Å². The highest BCUT2D eigenvalue weighted by Crippen LogP contribution is 2.39. The number of halogens is 1. The van der Waals surface area contributed by atoms with Gasteiger partial charge >= 0.3 is 12.0 Å². The van der Waals surface area contributed by atoms with E-state index in [4.69, 9.17) is 14.5 Å². The number of anilines is 1. The van der Waals surface area contributed by atoms with Crippen molar-refractivity contribution in [2.45, 2.75) is 58.5 Å². The van der Waals surface area contributed by atoms with Gasteiger partial charge in [-0.05, 0) is 87.9 Å². The number of hydrogen-bond donors (Lipinski definition) is 2. The number of fused-ring (bicyclic) bond motifs is 1. The van der Waals surface area contributed by atoms with E-state index < -0.39 is 5.82 Å². The summed E-state index contributed by atoms with van der Waals surface area (Å²) in [6.07, 6.45) is 8.56. The number of likely N-dealkylation sites (tertiary alicyclic amines) is 1. The van der Waals surface area contributed by atoms with Crippen LogP contribution in [0.15, 0.2) is 54.9 Å². The molecule has 4 heterocycles. The molecule has 1 atom stereocenters. The molecule has 4 aromatic rings. The number of amides is 2. The van der Waals surface area contributed by atoms with E-state index in [0.29, 0.717) is 24.0 Å². The Morgan fingerprint density at radius 1 is 1.07 bits per heavy atom. The zero-order chi connectivity index (χ0) is 31.3. The first-order chi connectivity index (χ1) is 21.8. The van der Waals surface area contributed by atoms with Crippen LogP contribution in [0.1, 0.15) is 51.5 Å². The number of thiophene rings is 1. The van der Waals surface area contributed by atoms with Crippen LogP contribution in [0.3, 0.4) is 0 Å². The summed E-state index contributed by atoms with van der Waals surface area (Å²) in [5.74, 6) is 0.396. The molecule has 0 radical (unpaired) electrons. The van der Waals surface area contributed by atoms with Crippen molar-refractivity contribution in [3.8, 4) is 22.1 Å². The maximum atomic E-state index is 14.9. The lowest BCUT2D eigenvalue weighted by atomic mass is 9.88. The van der Waals surface area contributed by atoms with Crippen molar-refractivity contribution >= 4 is 39.2 Å². The molecule has 2 fully saturated rings. The molecule has 9 nitrogen and oxygen atoms in total. The van der Waals surface area contributed by atoms with Gasteiger partial charge in [0.05, 0.1) is 33.3 Å². The largest absolute Gasteiger partial charge is 0.466 e. The van der Waals surface area contributed by atoms with Crippen LogP contribution in [0.5, 0.6) is 11.5 Å². The van der Waals surface area contributed by atoms with Crippen molar-refractivity contribution in [2.24, 2.45) is 11.8 Å². The number of piperidine rings is 1. The first kappa shape index (κ1) is 30.9. The van der Waals surface area contributed by atoms with Crippen molar-refractivity contribution in [3.63, 3.8) is 0 Å². The Kier molecular flexibility index (Phi) is 9.56. The zero-order valence-electron chi connectivity index (χ0n) is 25.6. The SMILES string of the molecule is CCOC(=O)C(C)CC1CCN(Cc2ccc(-c3cc4nccc(Oc5ccc(NC(=O)NC6CC6)cc5F)c4s3)nc2)CC1. The van der Waals surface area contributed by atoms with Gasteiger partial charge in [0.25, 0.3) is 0 Å². The lowest BCUT2D eigenvalue weighted by Crippen LogP contribution is -2.34. The summed E-state index contributed by atoms with van der Waals surface area (Å²) in [5.41, 5.74) is 3.09. The van der Waals surface area contributed by atoms with Gasteiger partial charge in [-0.1, -0.05) is 13.0 Å². The molecule has 1 saturated heterocycles. The van der Waals surface area contributed by atoms with Crippen molar-refractivity contribution in [3.05, 3.63) is 66.2 Å². The molecule has 2 N–H and O–H groups in total. The quantitative estimate of drug-likeness (QED) is 0.167. The molecule has 1 aliphatic carbocycles. The van der Waals surface area contributed by atoms with Gasteiger partial charge in [-0.25, -0.2) is 9.18 Å². The number of rotatable bonds is 11. The van der Waals surface area contributed by atoms with Gasteiger partial charge in [0.15, 0.2) is 11.6 Å². The van der Waals surface area contributed by atoms with Gasteiger partial charge in [0.2, 0.25) is 0 Å². The minimum Gasteiger partial charge on any atom is -0.466 e. The number of urea groups is 1. The van der Waals surface area contributed by atoms with E-state index in [9.17, 15) is 14.0 Å². The van der Waals surface area contributed by atoms with Crippen molar-refractivity contribution in [1.82, 2.24) is 20.2 Å². The van der Waals surface area contributed by atoms with Gasteiger partial charge in [-0.2, -0.15) is 0 Å². The molecule has 45 heavy (non-hydrogen) atoms. The molecular weight excluding hydrogens is 593 g/mol. The highest BCUT2D eigenvalue weighted by molar-refractivity contribution is 7.22. The van der Waals surface area contributed by atoms with E-state index >= 15 is 0 Å². The predicted molar refractivity (Wildman–Crippen MR) is 173 cm³/mol. The Balaban J connectivity index is 1.06. The normalized spacial score (nSPS) is 16.3. The van der Waals surface area contributed by atoms with Gasteiger partial charge in [0, 0.05) is 42.8 Å². The first-order valence-corrected chi connectivity index (χ1v) is 16.4. The maximum Gasteiger partial charge on any atom is 0.319 e. The third-order valence-corrected chi connectivity index (χ3v) is 9.43. The summed E-state index contributed by atoms with van der Waals surface area (Å²) in [5, 5.41) is 5.48. The summed E-state index contributed by atoms with van der Waals surface area (Å²) in [7, 11) is 0. The van der Waals surface area contributed by atoms with Crippen LogP contribution >= 0.6 is 11.3 Å². The Morgan fingerprint density at radius 2 is 1.89 bits per heavy atom. The number of ether oxygens (including phenoxy) is 2. The molecule has 1 aliphatic heterocycles. The number of carbonyl (C=O) groups is 2. The molecule has 0 spiro atoms. The molecule has 11 heteroatoms. The van der Waals surface area contributed by atoms with Crippen LogP contribution in [0.25, 0.3) is 20.8 Å². The molecule has 6 rings (SSSR count). The van der Waals surface area contributed by atoms with E-state index in [0.717, 1.165) is 78.1 Å². The standard InChI is InChI=1S/C34H38FN5O4S/c1-3-43-33(41)21(2)16-22-11-14-40(15-12-22)20-23-4-8-27(37-19-23)31-18-28-32(45-31)30(10-13-36-28)44-29-9-7-25(17-26(29)35)39-34(42)38-24-5-6-24/h4,7-10,13,17-19,21-22,24H,3,5-6,11-12,14-16,20H2,1-2H3,(H2,38,39,42). The highest BCUT2D eigenvalue weighted by atomic mass is 32.1. The summed E-state index contributed by atoms with van der Waals surface area (Å²) < 4.78 is 26.9. The van der Waals surface area contributed by atoms with Gasteiger partial charge in [-0.3, -0.25) is 19.7 Å². The predicted octanol–water partition coefficient (Wildman–Crippen LogP) is 7.37. The topological polar surface area (TPSA) is 106 Å². The Labute approximate surface area is 266 Å². The summed E-state index contributed by atoms with van der Waals surface area (Å²) >= 11 is 1.50. The van der Waals surface area contributed by atoms with E-state index in [1.54, 1.807) is 18.3 Å². The monoisotopic (exact) mass is 631 g/mol.